The van der Waals surface area contributed by atoms with E-state index in [0.29, 0.717) is 11.6 Å². The van der Waals surface area contributed by atoms with Crippen LogP contribution in [-0.4, -0.2) is 56.1 Å². The molecule has 6 heteroatoms. The predicted molar refractivity (Wildman–Crippen MR) is 115 cm³/mol. The first-order valence-electron chi connectivity index (χ1n) is 10.5. The molecule has 0 saturated carbocycles. The van der Waals surface area contributed by atoms with Crippen LogP contribution in [-0.2, 0) is 13.6 Å². The predicted octanol–water partition coefficient (Wildman–Crippen LogP) is 3.49. The summed E-state index contributed by atoms with van der Waals surface area (Å²) in [5, 5.41) is 5.14. The summed E-state index contributed by atoms with van der Waals surface area (Å²) in [6.07, 6.45) is 6.45. The van der Waals surface area contributed by atoms with Crippen molar-refractivity contribution < 1.29 is 4.79 Å². The molecule has 3 heterocycles. The number of benzene rings is 1. The molecule has 1 fully saturated rings. The zero-order valence-electron chi connectivity index (χ0n) is 17.3. The number of pyridine rings is 1. The number of amides is 1. The van der Waals surface area contributed by atoms with Crippen molar-refractivity contribution in [2.24, 2.45) is 7.05 Å². The van der Waals surface area contributed by atoms with E-state index < -0.39 is 0 Å². The Kier molecular flexibility index (Phi) is 5.90. The van der Waals surface area contributed by atoms with Gasteiger partial charge in [-0.1, -0.05) is 37.3 Å². The van der Waals surface area contributed by atoms with E-state index in [1.54, 1.807) is 17.1 Å². The number of rotatable bonds is 6. The third-order valence-corrected chi connectivity index (χ3v) is 5.79. The van der Waals surface area contributed by atoms with Crippen LogP contribution >= 0.6 is 0 Å². The molecule has 0 spiro atoms. The minimum atomic E-state index is 0.0895. The number of fused-ring (bicyclic) bond motifs is 1. The van der Waals surface area contributed by atoms with E-state index in [0.717, 1.165) is 56.5 Å². The summed E-state index contributed by atoms with van der Waals surface area (Å²) in [6.45, 7) is 5.94. The molecule has 0 aliphatic carbocycles. The molecule has 29 heavy (non-hydrogen) atoms. The van der Waals surface area contributed by atoms with Gasteiger partial charge in [0.2, 0.25) is 0 Å². The summed E-state index contributed by atoms with van der Waals surface area (Å²) < 4.78 is 1.73. The number of nitrogens with zero attached hydrogens (tertiary/aromatic N) is 5. The summed E-state index contributed by atoms with van der Waals surface area (Å²) in [5.74, 6) is 0.0895. The summed E-state index contributed by atoms with van der Waals surface area (Å²) in [4.78, 5) is 22.3. The molecule has 0 atom stereocenters. The Hall–Kier alpha value is -2.73. The van der Waals surface area contributed by atoms with Crippen LogP contribution in [0.3, 0.4) is 0 Å². The van der Waals surface area contributed by atoms with Gasteiger partial charge in [0, 0.05) is 50.9 Å². The smallest absolute Gasteiger partial charge is 0.255 e. The van der Waals surface area contributed by atoms with Gasteiger partial charge in [-0.3, -0.25) is 14.4 Å². The maximum atomic E-state index is 13.3. The van der Waals surface area contributed by atoms with Gasteiger partial charge in [0.15, 0.2) is 5.65 Å². The van der Waals surface area contributed by atoms with Crippen LogP contribution in [0.2, 0.25) is 0 Å². The second-order valence-electron chi connectivity index (χ2n) is 7.90. The van der Waals surface area contributed by atoms with Crippen LogP contribution in [0, 0.1) is 0 Å². The fourth-order valence-electron chi connectivity index (χ4n) is 4.25. The highest BCUT2D eigenvalue weighted by atomic mass is 16.2. The van der Waals surface area contributed by atoms with Crippen LogP contribution < -0.4 is 0 Å². The minimum Gasteiger partial charge on any atom is -0.336 e. The van der Waals surface area contributed by atoms with E-state index in [9.17, 15) is 4.79 Å². The maximum absolute atomic E-state index is 13.3. The van der Waals surface area contributed by atoms with Crippen LogP contribution in [0.1, 0.15) is 42.1 Å². The van der Waals surface area contributed by atoms with Crippen molar-refractivity contribution in [3.63, 3.8) is 0 Å². The lowest BCUT2D eigenvalue weighted by molar-refractivity contribution is 0.0565. The summed E-state index contributed by atoms with van der Waals surface area (Å²) in [5.41, 5.74) is 2.81. The number of aromatic nitrogens is 3. The summed E-state index contributed by atoms with van der Waals surface area (Å²) in [6, 6.07) is 12.8. The molecule has 1 saturated heterocycles. The molecule has 6 nitrogen and oxygen atoms in total. The van der Waals surface area contributed by atoms with E-state index in [1.165, 1.54) is 5.56 Å². The van der Waals surface area contributed by atoms with Gasteiger partial charge >= 0.3 is 0 Å². The van der Waals surface area contributed by atoms with E-state index in [-0.39, 0.29) is 5.91 Å². The number of carbonyl (C=O) groups excluding carboxylic acids is 1. The SMILES string of the molecule is CCCN(C(=O)c1cnc2c(cnn2C)c1)C1CCN(Cc2ccccc2)CC1. The molecule has 0 radical (unpaired) electrons. The number of hydrogen-bond donors (Lipinski definition) is 0. The quantitative estimate of drug-likeness (QED) is 0.646. The van der Waals surface area contributed by atoms with Gasteiger partial charge in [-0.05, 0) is 30.9 Å². The van der Waals surface area contributed by atoms with Gasteiger partial charge in [0.1, 0.15) is 0 Å². The third-order valence-electron chi connectivity index (χ3n) is 5.79. The fourth-order valence-corrected chi connectivity index (χ4v) is 4.25. The van der Waals surface area contributed by atoms with Crippen molar-refractivity contribution in [2.45, 2.75) is 38.8 Å². The Balaban J connectivity index is 1.43. The Labute approximate surface area is 172 Å². The number of likely N-dealkylation sites (tertiary alicyclic amines) is 1. The molecule has 3 aromatic rings. The second kappa shape index (κ2) is 8.74. The van der Waals surface area contributed by atoms with Gasteiger partial charge in [0.25, 0.3) is 5.91 Å². The second-order valence-corrected chi connectivity index (χ2v) is 7.90. The lowest BCUT2D eigenvalue weighted by atomic mass is 10.0. The first kappa shape index (κ1) is 19.6. The van der Waals surface area contributed by atoms with Crippen molar-refractivity contribution in [3.8, 4) is 0 Å². The Bertz CT molecular complexity index is 960. The summed E-state index contributed by atoms with van der Waals surface area (Å²) >= 11 is 0. The lowest BCUT2D eigenvalue weighted by Gasteiger charge is -2.38. The zero-order chi connectivity index (χ0) is 20.2. The van der Waals surface area contributed by atoms with Crippen molar-refractivity contribution in [1.29, 1.82) is 0 Å². The van der Waals surface area contributed by atoms with E-state index >= 15 is 0 Å². The topological polar surface area (TPSA) is 54.3 Å². The lowest BCUT2D eigenvalue weighted by Crippen LogP contribution is -2.47. The molecule has 1 aliphatic heterocycles. The highest BCUT2D eigenvalue weighted by Crippen LogP contribution is 2.22. The molecule has 1 amide bonds. The van der Waals surface area contributed by atoms with Gasteiger partial charge in [-0.15, -0.1) is 0 Å². The average Bonchev–Trinajstić information content (AvgIpc) is 3.13. The minimum absolute atomic E-state index is 0.0895. The number of aryl methyl sites for hydroxylation is 1. The maximum Gasteiger partial charge on any atom is 0.255 e. The van der Waals surface area contributed by atoms with Crippen LogP contribution in [0.5, 0.6) is 0 Å². The van der Waals surface area contributed by atoms with Gasteiger partial charge in [0.05, 0.1) is 11.8 Å². The van der Waals surface area contributed by atoms with E-state index in [4.69, 9.17) is 0 Å². The molecule has 0 unspecified atom stereocenters. The van der Waals surface area contributed by atoms with E-state index in [2.05, 4.69) is 57.1 Å². The van der Waals surface area contributed by atoms with Crippen molar-refractivity contribution in [3.05, 3.63) is 59.9 Å². The molecular formula is C23H29N5O. The Morgan fingerprint density at radius 3 is 2.66 bits per heavy atom. The third kappa shape index (κ3) is 4.32. The molecule has 2 aromatic heterocycles. The van der Waals surface area contributed by atoms with Crippen LogP contribution in [0.25, 0.3) is 11.0 Å². The average molecular weight is 392 g/mol. The largest absolute Gasteiger partial charge is 0.336 e. The Morgan fingerprint density at radius 2 is 1.93 bits per heavy atom. The molecular weight excluding hydrogens is 362 g/mol. The Morgan fingerprint density at radius 1 is 1.17 bits per heavy atom. The molecule has 1 aliphatic rings. The monoisotopic (exact) mass is 391 g/mol. The van der Waals surface area contributed by atoms with Crippen LogP contribution in [0.15, 0.2) is 48.8 Å². The van der Waals surface area contributed by atoms with Crippen molar-refractivity contribution in [1.82, 2.24) is 24.6 Å². The highest BCUT2D eigenvalue weighted by Gasteiger charge is 2.28. The molecule has 0 N–H and O–H groups in total. The molecule has 0 bridgehead atoms. The zero-order valence-corrected chi connectivity index (χ0v) is 17.3. The number of carbonyl (C=O) groups is 1. The molecule has 4 rings (SSSR count). The van der Waals surface area contributed by atoms with Crippen molar-refractivity contribution >= 4 is 16.9 Å². The normalized spacial score (nSPS) is 15.7. The fraction of sp³-hybridized carbons (Fsp3) is 0.435. The first-order chi connectivity index (χ1) is 14.2. The number of piperidine rings is 1. The number of hydrogen-bond acceptors (Lipinski definition) is 4. The van der Waals surface area contributed by atoms with Gasteiger partial charge in [-0.25, -0.2) is 4.98 Å². The highest BCUT2D eigenvalue weighted by molar-refractivity contribution is 5.97. The van der Waals surface area contributed by atoms with Crippen molar-refractivity contribution in [2.75, 3.05) is 19.6 Å². The van der Waals surface area contributed by atoms with Gasteiger partial charge < -0.3 is 4.90 Å². The first-order valence-corrected chi connectivity index (χ1v) is 10.5. The summed E-state index contributed by atoms with van der Waals surface area (Å²) in [7, 11) is 1.86. The van der Waals surface area contributed by atoms with Gasteiger partial charge in [-0.2, -0.15) is 5.10 Å². The molecule has 1 aromatic carbocycles. The van der Waals surface area contributed by atoms with E-state index in [1.807, 2.05) is 13.1 Å². The van der Waals surface area contributed by atoms with Crippen LogP contribution in [0.4, 0.5) is 0 Å². The standard InChI is InChI=1S/C23H29N5O/c1-3-11-28(23(29)20-14-19-16-25-26(2)22(19)24-15-20)21-9-12-27(13-10-21)17-18-7-5-4-6-8-18/h4-8,14-16,21H,3,9-13,17H2,1-2H3. The molecule has 152 valence electrons.